The Labute approximate surface area is 90.5 Å². The third kappa shape index (κ3) is 3.22. The van der Waals surface area contributed by atoms with E-state index in [2.05, 4.69) is 30.2 Å². The quantitative estimate of drug-likeness (QED) is 0.808. The number of hydrogen-bond donors (Lipinski definition) is 1. The van der Waals surface area contributed by atoms with Crippen LogP contribution in [0.1, 0.15) is 25.8 Å². The van der Waals surface area contributed by atoms with E-state index in [1.165, 1.54) is 12.0 Å². The van der Waals surface area contributed by atoms with Crippen LogP contribution in [0.5, 0.6) is 0 Å². The molecule has 0 aliphatic rings. The molecule has 0 bridgehead atoms. The summed E-state index contributed by atoms with van der Waals surface area (Å²) in [6.07, 6.45) is 3.04. The van der Waals surface area contributed by atoms with Gasteiger partial charge in [0.1, 0.15) is 5.82 Å². The Hall–Kier alpha value is -0.700. The fourth-order valence-corrected chi connectivity index (χ4v) is 2.06. The van der Waals surface area contributed by atoms with Gasteiger partial charge in [0.25, 0.3) is 0 Å². The normalized spacial score (nSPS) is 12.5. The lowest BCUT2D eigenvalue weighted by Crippen LogP contribution is -1.99. The Morgan fingerprint density at radius 3 is 3.00 bits per heavy atom. The summed E-state index contributed by atoms with van der Waals surface area (Å²) in [6.45, 7) is 4.49. The molecule has 0 aromatic carbocycles. The average molecular weight is 210 g/mol. The van der Waals surface area contributed by atoms with E-state index in [9.17, 15) is 0 Å². The number of nitrogens with one attached hydrogen (secondary N) is 1. The number of thioether (sulfide) groups is 1. The first kappa shape index (κ1) is 11.4. The van der Waals surface area contributed by atoms with Gasteiger partial charge in [0.2, 0.25) is 0 Å². The van der Waals surface area contributed by atoms with E-state index in [1.54, 1.807) is 0 Å². The summed E-state index contributed by atoms with van der Waals surface area (Å²) in [6, 6.07) is 4.13. The van der Waals surface area contributed by atoms with Gasteiger partial charge in [0, 0.05) is 29.8 Å². The summed E-state index contributed by atoms with van der Waals surface area (Å²) < 4.78 is 0. The van der Waals surface area contributed by atoms with Crippen molar-refractivity contribution < 1.29 is 0 Å². The molecular formula is C11H18N2S. The first-order valence-electron chi connectivity index (χ1n) is 5.01. The van der Waals surface area contributed by atoms with E-state index in [4.69, 9.17) is 0 Å². The van der Waals surface area contributed by atoms with E-state index in [-0.39, 0.29) is 0 Å². The van der Waals surface area contributed by atoms with E-state index < -0.39 is 0 Å². The van der Waals surface area contributed by atoms with Crippen LogP contribution in [0.2, 0.25) is 0 Å². The minimum atomic E-state index is 0.722. The van der Waals surface area contributed by atoms with Crippen molar-refractivity contribution in [2.45, 2.75) is 31.3 Å². The molecule has 1 rings (SSSR count). The molecule has 14 heavy (non-hydrogen) atoms. The summed E-state index contributed by atoms with van der Waals surface area (Å²) in [5, 5.41) is 3.84. The number of hydrogen-bond acceptors (Lipinski definition) is 3. The summed E-state index contributed by atoms with van der Waals surface area (Å²) in [4.78, 5) is 4.28. The highest BCUT2D eigenvalue weighted by Crippen LogP contribution is 2.22. The molecule has 1 heterocycles. The van der Waals surface area contributed by atoms with Crippen molar-refractivity contribution in [2.75, 3.05) is 12.4 Å². The second-order valence-corrected chi connectivity index (χ2v) is 4.72. The van der Waals surface area contributed by atoms with Gasteiger partial charge in [-0.05, 0) is 12.5 Å². The maximum absolute atomic E-state index is 4.28. The van der Waals surface area contributed by atoms with Gasteiger partial charge < -0.3 is 5.32 Å². The Balaban J connectivity index is 2.57. The van der Waals surface area contributed by atoms with Gasteiger partial charge >= 0.3 is 0 Å². The van der Waals surface area contributed by atoms with E-state index in [1.807, 2.05) is 31.1 Å². The van der Waals surface area contributed by atoms with Gasteiger partial charge in [0.05, 0.1) is 0 Å². The largest absolute Gasteiger partial charge is 0.373 e. The standard InChI is InChI=1S/C11H18N2S/c1-4-9(2)14-8-10-6-5-7-13-11(10)12-3/h5-7,9H,4,8H2,1-3H3,(H,12,13). The fraction of sp³-hybridized carbons (Fsp3) is 0.545. The predicted octanol–water partition coefficient (Wildman–Crippen LogP) is 3.16. The minimum Gasteiger partial charge on any atom is -0.373 e. The zero-order valence-corrected chi connectivity index (χ0v) is 9.90. The van der Waals surface area contributed by atoms with Gasteiger partial charge in [-0.3, -0.25) is 0 Å². The molecule has 2 nitrogen and oxygen atoms in total. The molecular weight excluding hydrogens is 192 g/mol. The maximum atomic E-state index is 4.28. The smallest absolute Gasteiger partial charge is 0.129 e. The predicted molar refractivity (Wildman–Crippen MR) is 64.8 cm³/mol. The van der Waals surface area contributed by atoms with Gasteiger partial charge in [-0.2, -0.15) is 11.8 Å². The Bertz CT molecular complexity index is 276. The van der Waals surface area contributed by atoms with Gasteiger partial charge in [-0.1, -0.05) is 19.9 Å². The number of anilines is 1. The first-order chi connectivity index (χ1) is 6.77. The van der Waals surface area contributed by atoms with Crippen LogP contribution in [0.4, 0.5) is 5.82 Å². The van der Waals surface area contributed by atoms with Crippen LogP contribution in [0.25, 0.3) is 0 Å². The highest BCUT2D eigenvalue weighted by molar-refractivity contribution is 7.99. The van der Waals surface area contributed by atoms with Crippen molar-refractivity contribution in [1.29, 1.82) is 0 Å². The molecule has 0 spiro atoms. The van der Waals surface area contributed by atoms with E-state index in [0.717, 1.165) is 16.8 Å². The van der Waals surface area contributed by atoms with Crippen molar-refractivity contribution in [2.24, 2.45) is 0 Å². The van der Waals surface area contributed by atoms with Gasteiger partial charge in [0.15, 0.2) is 0 Å². The number of rotatable bonds is 5. The number of aromatic nitrogens is 1. The second-order valence-electron chi connectivity index (χ2n) is 3.29. The van der Waals surface area contributed by atoms with Crippen LogP contribution >= 0.6 is 11.8 Å². The van der Waals surface area contributed by atoms with Crippen LogP contribution in [0.15, 0.2) is 18.3 Å². The first-order valence-corrected chi connectivity index (χ1v) is 6.06. The summed E-state index contributed by atoms with van der Waals surface area (Å²) >= 11 is 1.98. The molecule has 0 aliphatic carbocycles. The van der Waals surface area contributed by atoms with Crippen molar-refractivity contribution in [3.8, 4) is 0 Å². The molecule has 1 atom stereocenters. The molecule has 1 N–H and O–H groups in total. The lowest BCUT2D eigenvalue weighted by molar-refractivity contribution is 0.905. The topological polar surface area (TPSA) is 24.9 Å². The van der Waals surface area contributed by atoms with Crippen LogP contribution < -0.4 is 5.32 Å². The fourth-order valence-electron chi connectivity index (χ4n) is 1.13. The van der Waals surface area contributed by atoms with E-state index in [0.29, 0.717) is 0 Å². The summed E-state index contributed by atoms with van der Waals surface area (Å²) in [5.74, 6) is 2.04. The third-order valence-corrected chi connectivity index (χ3v) is 3.61. The molecule has 0 radical (unpaired) electrons. The molecule has 1 unspecified atom stereocenters. The molecule has 0 saturated heterocycles. The molecule has 0 fully saturated rings. The van der Waals surface area contributed by atoms with Crippen molar-refractivity contribution in [3.05, 3.63) is 23.9 Å². The molecule has 1 aromatic rings. The SMILES string of the molecule is CCC(C)SCc1cccnc1NC. The van der Waals surface area contributed by atoms with Crippen molar-refractivity contribution >= 4 is 17.6 Å². The van der Waals surface area contributed by atoms with Crippen molar-refractivity contribution in [1.82, 2.24) is 4.98 Å². The molecule has 1 aromatic heterocycles. The molecule has 78 valence electrons. The molecule has 3 heteroatoms. The van der Waals surface area contributed by atoms with Gasteiger partial charge in [-0.15, -0.1) is 0 Å². The minimum absolute atomic E-state index is 0.722. The van der Waals surface area contributed by atoms with Crippen LogP contribution in [0.3, 0.4) is 0 Å². The summed E-state index contributed by atoms with van der Waals surface area (Å²) in [7, 11) is 1.92. The highest BCUT2D eigenvalue weighted by Gasteiger charge is 2.04. The lowest BCUT2D eigenvalue weighted by Gasteiger charge is -2.10. The Kier molecular flexibility index (Phi) is 4.80. The molecule has 0 amide bonds. The van der Waals surface area contributed by atoms with Crippen LogP contribution in [-0.4, -0.2) is 17.3 Å². The second kappa shape index (κ2) is 5.91. The molecule has 0 aliphatic heterocycles. The monoisotopic (exact) mass is 210 g/mol. The zero-order valence-electron chi connectivity index (χ0n) is 9.08. The lowest BCUT2D eigenvalue weighted by atomic mass is 10.3. The van der Waals surface area contributed by atoms with Crippen LogP contribution in [-0.2, 0) is 5.75 Å². The maximum Gasteiger partial charge on any atom is 0.129 e. The number of pyridine rings is 1. The zero-order chi connectivity index (χ0) is 10.4. The highest BCUT2D eigenvalue weighted by atomic mass is 32.2. The third-order valence-electron chi connectivity index (χ3n) is 2.23. The van der Waals surface area contributed by atoms with Crippen molar-refractivity contribution in [3.63, 3.8) is 0 Å². The molecule has 0 saturated carbocycles. The van der Waals surface area contributed by atoms with Gasteiger partial charge in [-0.25, -0.2) is 4.98 Å². The Morgan fingerprint density at radius 2 is 2.36 bits per heavy atom. The summed E-state index contributed by atoms with van der Waals surface area (Å²) in [5.41, 5.74) is 1.29. The average Bonchev–Trinajstić information content (AvgIpc) is 2.26. The Morgan fingerprint density at radius 1 is 1.57 bits per heavy atom. The number of nitrogens with zero attached hydrogens (tertiary/aromatic N) is 1. The van der Waals surface area contributed by atoms with Crippen LogP contribution in [0, 0.1) is 0 Å². The van der Waals surface area contributed by atoms with E-state index >= 15 is 0 Å².